The summed E-state index contributed by atoms with van der Waals surface area (Å²) in [5, 5.41) is 20.9. The molecule has 26 heteroatoms. The fourth-order valence-electron chi connectivity index (χ4n) is 9.07. The molecule has 7 heterocycles. The second-order valence-corrected chi connectivity index (χ2v) is 19.5. The molecule has 6 amide bonds. The lowest BCUT2D eigenvalue weighted by Gasteiger charge is -2.20. The number of carbonyl (C=O) groups is 7. The number of methoxy groups -OCH3 is 1. The third kappa shape index (κ3) is 12.5. The van der Waals surface area contributed by atoms with Crippen LogP contribution in [0.25, 0.3) is 44.5 Å². The number of fused-ring (bicyclic) bond motifs is 4. The number of nitrogens with two attached hydrogens (primary N) is 3. The molecule has 2 unspecified atom stereocenters. The smallest absolute Gasteiger partial charge is 0.321 e. The van der Waals surface area contributed by atoms with Crippen LogP contribution in [-0.4, -0.2) is 151 Å². The second kappa shape index (κ2) is 25.2. The van der Waals surface area contributed by atoms with Crippen molar-refractivity contribution in [2.24, 2.45) is 17.2 Å². The van der Waals surface area contributed by atoms with Crippen LogP contribution in [0.3, 0.4) is 0 Å². The first kappa shape index (κ1) is 58.0. The van der Waals surface area contributed by atoms with Crippen molar-refractivity contribution in [2.45, 2.75) is 98.3 Å². The van der Waals surface area contributed by atoms with Crippen LogP contribution in [0.5, 0.6) is 11.5 Å². The van der Waals surface area contributed by atoms with Crippen LogP contribution in [0, 0.1) is 13.8 Å². The lowest BCUT2D eigenvalue weighted by molar-refractivity contribution is -0.140. The minimum absolute atomic E-state index is 0.0175. The maximum Gasteiger partial charge on any atom is 0.321 e. The predicted molar refractivity (Wildman–Crippen MR) is 297 cm³/mol. The summed E-state index contributed by atoms with van der Waals surface area (Å²) in [5.74, 6) is -3.83. The van der Waals surface area contributed by atoms with Crippen LogP contribution in [-0.2, 0) is 45.4 Å². The van der Waals surface area contributed by atoms with Gasteiger partial charge in [-0.1, -0.05) is 26.0 Å². The number of carboxylic acids is 1. The van der Waals surface area contributed by atoms with E-state index in [9.17, 15) is 33.6 Å². The molecule has 0 radical (unpaired) electrons. The molecule has 1 aliphatic rings. The standard InChI is InChI=1S/C51H59N15O10S.C2H6/c1-7-65-35(20-27(3)59-65)32-13-12-30-42-44(37(75-6)24-34(55-42)46(54)70)63(47(30)56-32)16-9-10-17-64-43-33(57-51(64)58-48(71)36-21-28(4)60-66(36)8-2)22-29(45(53)69)23-38(43)76-19-11-15-61(5)40(67)14-18-62-41(68)25-39(49(62)72)77-26-31(52)50(73)74;1-2/h9-10,12-13,20-24,31,39H,7-8,11,14-19,25-26,52H2,1-6H3,(H2,53,69)(H2,54,70)(H,73,74)(H,57,58,71);1-2H3/b10-9+;. The highest BCUT2D eigenvalue weighted by Crippen LogP contribution is 2.36. The van der Waals surface area contributed by atoms with Crippen molar-refractivity contribution < 1.29 is 48.1 Å². The number of primary amides is 2. The molecule has 79 heavy (non-hydrogen) atoms. The number of imidazole rings is 1. The molecule has 1 aromatic carbocycles. The third-order valence-electron chi connectivity index (χ3n) is 12.9. The van der Waals surface area contributed by atoms with Crippen LogP contribution in [0.1, 0.15) is 89.7 Å². The van der Waals surface area contributed by atoms with Crippen molar-refractivity contribution in [3.63, 3.8) is 0 Å². The van der Waals surface area contributed by atoms with Crippen LogP contribution in [0.2, 0.25) is 0 Å². The Balaban J connectivity index is 0.00000446. The summed E-state index contributed by atoms with van der Waals surface area (Å²) in [6.45, 7) is 13.0. The van der Waals surface area contributed by atoms with Gasteiger partial charge in [-0.2, -0.15) is 10.2 Å². The number of aliphatic carboxylic acids is 1. The van der Waals surface area contributed by atoms with Gasteiger partial charge in [-0.3, -0.25) is 53.1 Å². The first-order chi connectivity index (χ1) is 37.8. The number of allylic oxidation sites excluding steroid dienone is 2. The van der Waals surface area contributed by atoms with Gasteiger partial charge in [-0.05, 0) is 70.5 Å². The first-order valence-electron chi connectivity index (χ1n) is 25.7. The molecule has 2 atom stereocenters. The molecule has 0 saturated carbocycles. The Morgan fingerprint density at radius 2 is 1.59 bits per heavy atom. The number of imide groups is 1. The summed E-state index contributed by atoms with van der Waals surface area (Å²) < 4.78 is 19.3. The van der Waals surface area contributed by atoms with Gasteiger partial charge in [-0.15, -0.1) is 11.8 Å². The number of anilines is 1. The van der Waals surface area contributed by atoms with E-state index in [1.54, 1.807) is 29.3 Å². The van der Waals surface area contributed by atoms with Gasteiger partial charge in [0.1, 0.15) is 51.1 Å². The minimum Gasteiger partial charge on any atom is -0.494 e. The topological polar surface area (TPSA) is 339 Å². The van der Waals surface area contributed by atoms with E-state index >= 15 is 0 Å². The number of likely N-dealkylation sites (tertiary alicyclic amines) is 1. The summed E-state index contributed by atoms with van der Waals surface area (Å²) in [5.41, 5.74) is 22.7. The normalized spacial score (nSPS) is 13.8. The van der Waals surface area contributed by atoms with E-state index in [2.05, 4.69) is 20.5 Å². The second-order valence-electron chi connectivity index (χ2n) is 18.2. The molecule has 0 aliphatic carbocycles. The molecule has 7 aromatic rings. The molecule has 1 fully saturated rings. The first-order valence-corrected chi connectivity index (χ1v) is 26.7. The number of pyridine rings is 2. The molecule has 0 spiro atoms. The van der Waals surface area contributed by atoms with Crippen molar-refractivity contribution in [3.8, 4) is 22.9 Å². The molecule has 8 rings (SSSR count). The number of thioether (sulfide) groups is 1. The number of benzene rings is 1. The van der Waals surface area contributed by atoms with E-state index in [0.29, 0.717) is 69.9 Å². The molecule has 0 bridgehead atoms. The summed E-state index contributed by atoms with van der Waals surface area (Å²) in [4.78, 5) is 106. The fourth-order valence-corrected chi connectivity index (χ4v) is 10.2. The lowest BCUT2D eigenvalue weighted by Crippen LogP contribution is -2.37. The van der Waals surface area contributed by atoms with E-state index in [1.807, 2.05) is 74.2 Å². The number of ether oxygens (including phenoxy) is 2. The van der Waals surface area contributed by atoms with Gasteiger partial charge in [0.05, 0.1) is 47.3 Å². The SMILES string of the molecule is CC.CCn1nc(C)cc1C(=O)Nc1nc2cc(C(N)=O)cc(OCCCN(C)C(=O)CCN3C(=O)CC(SCC(N)C(=O)O)C3=O)c2n1C/C=C/Cn1c2nc(-c3cc(C)nn3CC)ccc2c2nc(C(N)=O)cc(OC)c21. The van der Waals surface area contributed by atoms with E-state index in [1.165, 1.54) is 30.2 Å². The molecule has 25 nitrogen and oxygen atoms in total. The summed E-state index contributed by atoms with van der Waals surface area (Å²) in [6, 6.07) is 10.7. The van der Waals surface area contributed by atoms with Crippen molar-refractivity contribution >= 4 is 92.2 Å². The number of carboxylic acid groups (broad SMARTS) is 1. The van der Waals surface area contributed by atoms with Crippen molar-refractivity contribution in [1.29, 1.82) is 0 Å². The van der Waals surface area contributed by atoms with Gasteiger partial charge in [0.25, 0.3) is 11.8 Å². The van der Waals surface area contributed by atoms with Gasteiger partial charge in [0.2, 0.25) is 29.6 Å². The van der Waals surface area contributed by atoms with E-state index in [4.69, 9.17) is 41.7 Å². The average Bonchev–Trinajstić information content (AvgIpc) is 4.28. The average molecular weight is 1100 g/mol. The number of rotatable bonds is 24. The fraction of sp³-hybridized carbons (Fsp3) is 0.396. The molecular formula is C53H65N15O10S. The van der Waals surface area contributed by atoms with E-state index < -0.39 is 46.8 Å². The Bertz CT molecular complexity index is 3520. The molecule has 1 saturated heterocycles. The van der Waals surface area contributed by atoms with Crippen molar-refractivity contribution in [2.75, 3.05) is 44.9 Å². The highest BCUT2D eigenvalue weighted by molar-refractivity contribution is 8.00. The number of hydrogen-bond donors (Lipinski definition) is 5. The van der Waals surface area contributed by atoms with Crippen LogP contribution < -0.4 is 32.0 Å². The number of nitrogens with one attached hydrogen (secondary N) is 1. The summed E-state index contributed by atoms with van der Waals surface area (Å²) in [6.07, 6.45) is 3.80. The Morgan fingerprint density at radius 1 is 0.899 bits per heavy atom. The van der Waals surface area contributed by atoms with Crippen LogP contribution >= 0.6 is 11.8 Å². The Labute approximate surface area is 458 Å². The number of aryl methyl sites for hydroxylation is 4. The van der Waals surface area contributed by atoms with Gasteiger partial charge < -0.3 is 45.8 Å². The summed E-state index contributed by atoms with van der Waals surface area (Å²) in [7, 11) is 3.07. The largest absolute Gasteiger partial charge is 0.494 e. The number of nitrogens with zero attached hydrogens (tertiary/aromatic N) is 11. The number of carbonyl (C=O) groups excluding carboxylic acids is 6. The Hall–Kier alpha value is -8.65. The van der Waals surface area contributed by atoms with Gasteiger partial charge >= 0.3 is 5.97 Å². The maximum atomic E-state index is 14.0. The quantitative estimate of drug-likeness (QED) is 0.0320. The highest BCUT2D eigenvalue weighted by atomic mass is 32.2. The van der Waals surface area contributed by atoms with E-state index in [-0.39, 0.29) is 85.8 Å². The number of amides is 6. The predicted octanol–water partition coefficient (Wildman–Crippen LogP) is 4.28. The Kier molecular flexibility index (Phi) is 18.5. The van der Waals surface area contributed by atoms with Crippen molar-refractivity contribution in [3.05, 3.63) is 83.0 Å². The van der Waals surface area contributed by atoms with E-state index in [0.717, 1.165) is 28.0 Å². The molecule has 1 aliphatic heterocycles. The zero-order valence-corrected chi connectivity index (χ0v) is 46.1. The third-order valence-corrected chi connectivity index (χ3v) is 14.2. The number of hydrogen-bond acceptors (Lipinski definition) is 16. The number of aromatic nitrogens is 9. The van der Waals surface area contributed by atoms with Crippen LogP contribution in [0.4, 0.5) is 5.95 Å². The zero-order valence-electron chi connectivity index (χ0n) is 45.3. The molecule has 6 aromatic heterocycles. The highest BCUT2D eigenvalue weighted by Gasteiger charge is 2.39. The van der Waals surface area contributed by atoms with Gasteiger partial charge in [-0.25, -0.2) is 15.0 Å². The maximum absolute atomic E-state index is 14.0. The molecule has 418 valence electrons. The zero-order chi connectivity index (χ0) is 57.4. The van der Waals surface area contributed by atoms with Crippen LogP contribution in [0.15, 0.2) is 54.6 Å². The lowest BCUT2D eigenvalue weighted by atomic mass is 10.1. The van der Waals surface area contributed by atoms with Gasteiger partial charge in [0.15, 0.2) is 0 Å². The molecule has 8 N–H and O–H groups in total. The Morgan fingerprint density at radius 3 is 2.27 bits per heavy atom. The molecular weight excluding hydrogens is 1040 g/mol. The van der Waals surface area contributed by atoms with Gasteiger partial charge in [0, 0.05) is 81.9 Å². The summed E-state index contributed by atoms with van der Waals surface area (Å²) >= 11 is 1.000. The van der Waals surface area contributed by atoms with Crippen molar-refractivity contribution in [1.82, 2.24) is 53.4 Å². The monoisotopic (exact) mass is 1100 g/mol. The minimum atomic E-state index is -1.21.